The normalized spacial score (nSPS) is 10.5. The van der Waals surface area contributed by atoms with Gasteiger partial charge in [-0.1, -0.05) is 12.1 Å². The van der Waals surface area contributed by atoms with Gasteiger partial charge in [-0.05, 0) is 55.0 Å². The molecule has 0 spiro atoms. The molecule has 0 saturated carbocycles. The summed E-state index contributed by atoms with van der Waals surface area (Å²) >= 11 is 1.60. The molecule has 0 radical (unpaired) electrons. The number of aromatic nitrogens is 1. The van der Waals surface area contributed by atoms with Crippen LogP contribution in [0, 0.1) is 18.3 Å². The van der Waals surface area contributed by atoms with Crippen LogP contribution in [0.5, 0.6) is 11.5 Å². The van der Waals surface area contributed by atoms with Crippen molar-refractivity contribution in [3.05, 3.63) is 81.8 Å². The van der Waals surface area contributed by atoms with Crippen molar-refractivity contribution in [1.29, 1.82) is 5.26 Å². The molecule has 6 heteroatoms. The lowest BCUT2D eigenvalue weighted by molar-refractivity contribution is -0.128. The van der Waals surface area contributed by atoms with E-state index in [1.54, 1.807) is 41.7 Å². The molecule has 0 fully saturated rings. The zero-order chi connectivity index (χ0) is 19.1. The highest BCUT2D eigenvalue weighted by Crippen LogP contribution is 2.17. The van der Waals surface area contributed by atoms with Crippen molar-refractivity contribution < 1.29 is 14.3 Å². The lowest BCUT2D eigenvalue weighted by Crippen LogP contribution is -2.03. The largest absolute Gasteiger partial charge is 0.487 e. The Labute approximate surface area is 161 Å². The fraction of sp³-hybridized carbons (Fsp3) is 0.0952. The van der Waals surface area contributed by atoms with E-state index in [1.807, 2.05) is 42.6 Å². The maximum atomic E-state index is 11.9. The van der Waals surface area contributed by atoms with Gasteiger partial charge in [0.05, 0.1) is 22.3 Å². The highest BCUT2D eigenvalue weighted by molar-refractivity contribution is 7.09. The number of rotatable bonds is 6. The van der Waals surface area contributed by atoms with Crippen LogP contribution >= 0.6 is 11.3 Å². The Morgan fingerprint density at radius 1 is 1.15 bits per heavy atom. The Morgan fingerprint density at radius 2 is 1.85 bits per heavy atom. The number of thiazole rings is 1. The predicted molar refractivity (Wildman–Crippen MR) is 103 cm³/mol. The Balaban J connectivity index is 1.52. The zero-order valence-corrected chi connectivity index (χ0v) is 15.4. The van der Waals surface area contributed by atoms with Crippen molar-refractivity contribution >= 4 is 23.4 Å². The van der Waals surface area contributed by atoms with Crippen molar-refractivity contribution in [3.63, 3.8) is 0 Å². The first-order chi connectivity index (χ1) is 13.1. The van der Waals surface area contributed by atoms with E-state index in [4.69, 9.17) is 14.7 Å². The van der Waals surface area contributed by atoms with Crippen LogP contribution in [0.4, 0.5) is 0 Å². The van der Waals surface area contributed by atoms with E-state index in [-0.39, 0.29) is 0 Å². The molecule has 0 aliphatic heterocycles. The second kappa shape index (κ2) is 8.79. The average Bonchev–Trinajstić information content (AvgIpc) is 3.11. The van der Waals surface area contributed by atoms with Gasteiger partial charge in [0.15, 0.2) is 0 Å². The van der Waals surface area contributed by atoms with Crippen LogP contribution in [0.2, 0.25) is 0 Å². The van der Waals surface area contributed by atoms with Crippen molar-refractivity contribution in [3.8, 4) is 17.6 Å². The van der Waals surface area contributed by atoms with Gasteiger partial charge in [-0.3, -0.25) is 0 Å². The molecule has 0 aliphatic rings. The molecule has 1 heterocycles. The fourth-order valence-electron chi connectivity index (χ4n) is 2.22. The van der Waals surface area contributed by atoms with Gasteiger partial charge in [-0.2, -0.15) is 5.26 Å². The van der Waals surface area contributed by atoms with Gasteiger partial charge in [0, 0.05) is 11.5 Å². The summed E-state index contributed by atoms with van der Waals surface area (Å²) in [5.74, 6) is 0.640. The van der Waals surface area contributed by atoms with Crippen LogP contribution in [-0.2, 0) is 11.4 Å². The molecule has 0 atom stereocenters. The van der Waals surface area contributed by atoms with Crippen molar-refractivity contribution in [2.45, 2.75) is 13.5 Å². The number of nitrogens with zero attached hydrogens (tertiary/aromatic N) is 2. The molecule has 0 amide bonds. The number of hydrogen-bond acceptors (Lipinski definition) is 6. The molecular weight excluding hydrogens is 360 g/mol. The van der Waals surface area contributed by atoms with Crippen LogP contribution in [-0.4, -0.2) is 11.0 Å². The molecule has 0 saturated heterocycles. The molecule has 3 rings (SSSR count). The van der Waals surface area contributed by atoms with Crippen molar-refractivity contribution in [2.24, 2.45) is 0 Å². The first kappa shape index (κ1) is 18.4. The summed E-state index contributed by atoms with van der Waals surface area (Å²) in [4.78, 5) is 16.2. The summed E-state index contributed by atoms with van der Waals surface area (Å²) in [6.45, 7) is 2.39. The number of ether oxygens (including phenoxy) is 2. The number of benzene rings is 2. The third kappa shape index (κ3) is 5.53. The van der Waals surface area contributed by atoms with Gasteiger partial charge in [0.2, 0.25) is 0 Å². The minimum absolute atomic E-state index is 0.393. The topological polar surface area (TPSA) is 72.2 Å². The standard InChI is InChI=1S/C21H16N2O3S/c1-15-23-18(14-27-15)13-25-19-7-2-16(3-8-19)6-11-21(24)26-20-9-4-17(12-22)5-10-20/h2-11,14H,13H2,1H3/b11-6+. The van der Waals surface area contributed by atoms with Crippen LogP contribution < -0.4 is 9.47 Å². The SMILES string of the molecule is Cc1nc(COc2ccc(/C=C/C(=O)Oc3ccc(C#N)cc3)cc2)cs1. The van der Waals surface area contributed by atoms with Crippen LogP contribution in [0.25, 0.3) is 6.08 Å². The average molecular weight is 376 g/mol. The van der Waals surface area contributed by atoms with Gasteiger partial charge in [0.1, 0.15) is 18.1 Å². The highest BCUT2D eigenvalue weighted by Gasteiger charge is 2.02. The second-order valence-electron chi connectivity index (χ2n) is 5.61. The molecular formula is C21H16N2O3S. The van der Waals surface area contributed by atoms with Crippen LogP contribution in [0.15, 0.2) is 60.0 Å². The zero-order valence-electron chi connectivity index (χ0n) is 14.6. The van der Waals surface area contributed by atoms with E-state index in [1.165, 1.54) is 6.08 Å². The smallest absolute Gasteiger partial charge is 0.336 e. The van der Waals surface area contributed by atoms with Gasteiger partial charge in [-0.15, -0.1) is 11.3 Å². The first-order valence-corrected chi connectivity index (χ1v) is 9.04. The summed E-state index contributed by atoms with van der Waals surface area (Å²) < 4.78 is 10.9. The summed E-state index contributed by atoms with van der Waals surface area (Å²) in [6.07, 6.45) is 3.02. The van der Waals surface area contributed by atoms with E-state index < -0.39 is 5.97 Å². The third-order valence-corrected chi connectivity index (χ3v) is 4.37. The summed E-state index contributed by atoms with van der Waals surface area (Å²) in [5.41, 5.74) is 2.27. The molecule has 3 aromatic rings. The quantitative estimate of drug-likeness (QED) is 0.359. The Morgan fingerprint density at radius 3 is 2.48 bits per heavy atom. The van der Waals surface area contributed by atoms with Gasteiger partial charge < -0.3 is 9.47 Å². The number of nitriles is 1. The van der Waals surface area contributed by atoms with E-state index in [2.05, 4.69) is 4.98 Å². The second-order valence-corrected chi connectivity index (χ2v) is 6.67. The summed E-state index contributed by atoms with van der Waals surface area (Å²) in [6, 6.07) is 15.8. The molecule has 0 aliphatic carbocycles. The van der Waals surface area contributed by atoms with Gasteiger partial charge >= 0.3 is 5.97 Å². The number of carbonyl (C=O) groups excluding carboxylic acids is 1. The number of carbonyl (C=O) groups is 1. The molecule has 27 heavy (non-hydrogen) atoms. The van der Waals surface area contributed by atoms with E-state index in [0.29, 0.717) is 17.9 Å². The number of aryl methyl sites for hydroxylation is 1. The Kier molecular flexibility index (Phi) is 5.98. The van der Waals surface area contributed by atoms with E-state index in [0.717, 1.165) is 22.0 Å². The Hall–Kier alpha value is -3.43. The molecule has 0 unspecified atom stereocenters. The van der Waals surface area contributed by atoms with Gasteiger partial charge in [-0.25, -0.2) is 9.78 Å². The molecule has 0 bridgehead atoms. The monoisotopic (exact) mass is 376 g/mol. The van der Waals surface area contributed by atoms with Crippen LogP contribution in [0.3, 0.4) is 0 Å². The highest BCUT2D eigenvalue weighted by atomic mass is 32.1. The third-order valence-electron chi connectivity index (χ3n) is 3.55. The van der Waals surface area contributed by atoms with Crippen molar-refractivity contribution in [1.82, 2.24) is 4.98 Å². The molecule has 5 nitrogen and oxygen atoms in total. The van der Waals surface area contributed by atoms with E-state index >= 15 is 0 Å². The van der Waals surface area contributed by atoms with Crippen LogP contribution in [0.1, 0.15) is 21.8 Å². The Bertz CT molecular complexity index is 984. The molecule has 134 valence electrons. The fourth-order valence-corrected chi connectivity index (χ4v) is 2.82. The maximum absolute atomic E-state index is 11.9. The lowest BCUT2D eigenvalue weighted by atomic mass is 10.2. The first-order valence-electron chi connectivity index (χ1n) is 8.16. The minimum Gasteiger partial charge on any atom is -0.487 e. The number of esters is 1. The summed E-state index contributed by atoms with van der Waals surface area (Å²) in [5, 5.41) is 11.7. The minimum atomic E-state index is -0.487. The summed E-state index contributed by atoms with van der Waals surface area (Å²) in [7, 11) is 0. The lowest BCUT2D eigenvalue weighted by Gasteiger charge is -2.04. The molecule has 2 aromatic carbocycles. The predicted octanol–water partition coefficient (Wildman–Crippen LogP) is 4.52. The van der Waals surface area contributed by atoms with E-state index in [9.17, 15) is 4.79 Å². The van der Waals surface area contributed by atoms with Crippen molar-refractivity contribution in [2.75, 3.05) is 0 Å². The number of hydrogen-bond donors (Lipinski definition) is 0. The maximum Gasteiger partial charge on any atom is 0.336 e. The van der Waals surface area contributed by atoms with Gasteiger partial charge in [0.25, 0.3) is 0 Å². The molecule has 0 N–H and O–H groups in total. The molecule has 1 aromatic heterocycles.